The quantitative estimate of drug-likeness (QED) is 0.841. The first-order chi connectivity index (χ1) is 8.66. The third kappa shape index (κ3) is 3.05. The summed E-state index contributed by atoms with van der Waals surface area (Å²) in [5.74, 6) is -0.359. The van der Waals surface area contributed by atoms with Crippen LogP contribution in [0.15, 0.2) is 42.7 Å². The van der Waals surface area contributed by atoms with E-state index in [9.17, 15) is 4.39 Å². The molecule has 0 unspecified atom stereocenters. The molecule has 0 aliphatic heterocycles. The molecule has 0 saturated carbocycles. The highest BCUT2D eigenvalue weighted by Crippen LogP contribution is 2.17. The second-order valence-corrected chi connectivity index (χ2v) is 4.35. The molecule has 0 atom stereocenters. The molecule has 18 heavy (non-hydrogen) atoms. The van der Waals surface area contributed by atoms with Crippen LogP contribution in [0.4, 0.5) is 10.1 Å². The second kappa shape index (κ2) is 5.60. The van der Waals surface area contributed by atoms with Crippen molar-refractivity contribution in [3.05, 3.63) is 59.7 Å². The van der Waals surface area contributed by atoms with Gasteiger partial charge in [0.1, 0.15) is 5.82 Å². The zero-order valence-corrected chi connectivity index (χ0v) is 10.3. The van der Waals surface area contributed by atoms with Gasteiger partial charge in [0.2, 0.25) is 0 Å². The Balaban J connectivity index is 2.03. The van der Waals surface area contributed by atoms with Crippen molar-refractivity contribution in [2.24, 2.45) is 0 Å². The molecular formula is C14H16FN3. The molecule has 0 fully saturated rings. The molecule has 4 heteroatoms. The summed E-state index contributed by atoms with van der Waals surface area (Å²) in [6.45, 7) is 1.36. The fraction of sp³-hybridized carbons (Fsp3) is 0.214. The Morgan fingerprint density at radius 1 is 1.22 bits per heavy atom. The second-order valence-electron chi connectivity index (χ2n) is 4.35. The fourth-order valence-electron chi connectivity index (χ4n) is 1.87. The highest BCUT2D eigenvalue weighted by Gasteiger charge is 2.07. The smallest absolute Gasteiger partial charge is 0.146 e. The minimum absolute atomic E-state index is 0.232. The Hall–Kier alpha value is -1.94. The number of hydrogen-bond donors (Lipinski definition) is 1. The summed E-state index contributed by atoms with van der Waals surface area (Å²) in [7, 11) is 1.97. The maximum absolute atomic E-state index is 13.3. The number of hydrogen-bond acceptors (Lipinski definition) is 3. The van der Waals surface area contributed by atoms with Crippen molar-refractivity contribution in [3.63, 3.8) is 0 Å². The number of nitrogens with two attached hydrogens (primary N) is 1. The maximum atomic E-state index is 13.3. The Kier molecular flexibility index (Phi) is 3.89. The zero-order chi connectivity index (χ0) is 13.0. The van der Waals surface area contributed by atoms with Crippen LogP contribution < -0.4 is 5.73 Å². The first-order valence-corrected chi connectivity index (χ1v) is 5.77. The van der Waals surface area contributed by atoms with Gasteiger partial charge < -0.3 is 5.73 Å². The van der Waals surface area contributed by atoms with Crippen LogP contribution in [-0.2, 0) is 13.1 Å². The van der Waals surface area contributed by atoms with Crippen molar-refractivity contribution in [2.45, 2.75) is 13.1 Å². The Labute approximate surface area is 106 Å². The Morgan fingerprint density at radius 2 is 2.06 bits per heavy atom. The molecule has 2 N–H and O–H groups in total. The number of nitrogens with zero attached hydrogens (tertiary/aromatic N) is 2. The molecular weight excluding hydrogens is 229 g/mol. The zero-order valence-electron chi connectivity index (χ0n) is 10.3. The van der Waals surface area contributed by atoms with E-state index in [1.807, 2.05) is 31.4 Å². The highest BCUT2D eigenvalue weighted by atomic mass is 19.1. The van der Waals surface area contributed by atoms with Crippen LogP contribution in [0.3, 0.4) is 0 Å². The predicted octanol–water partition coefficient (Wildman–Crippen LogP) is 2.43. The lowest BCUT2D eigenvalue weighted by molar-refractivity contribution is 0.319. The first-order valence-electron chi connectivity index (χ1n) is 5.77. The third-order valence-corrected chi connectivity index (χ3v) is 2.76. The monoisotopic (exact) mass is 245 g/mol. The van der Waals surface area contributed by atoms with Crippen molar-refractivity contribution in [1.29, 1.82) is 0 Å². The average Bonchev–Trinajstić information content (AvgIpc) is 2.36. The first kappa shape index (κ1) is 12.5. The van der Waals surface area contributed by atoms with Gasteiger partial charge in [0.05, 0.1) is 5.69 Å². The molecule has 2 aromatic rings. The number of halogens is 1. The molecule has 0 radical (unpaired) electrons. The van der Waals surface area contributed by atoms with Gasteiger partial charge in [0.15, 0.2) is 0 Å². The predicted molar refractivity (Wildman–Crippen MR) is 70.2 cm³/mol. The van der Waals surface area contributed by atoms with Crippen LogP contribution >= 0.6 is 0 Å². The van der Waals surface area contributed by atoms with E-state index >= 15 is 0 Å². The average molecular weight is 245 g/mol. The molecule has 0 bridgehead atoms. The van der Waals surface area contributed by atoms with Gasteiger partial charge >= 0.3 is 0 Å². The molecule has 0 saturated heterocycles. The van der Waals surface area contributed by atoms with Gasteiger partial charge in [-0.15, -0.1) is 0 Å². The molecule has 1 aromatic heterocycles. The van der Waals surface area contributed by atoms with E-state index < -0.39 is 0 Å². The minimum atomic E-state index is -0.359. The molecule has 3 nitrogen and oxygen atoms in total. The van der Waals surface area contributed by atoms with Gasteiger partial charge in [-0.1, -0.05) is 18.2 Å². The van der Waals surface area contributed by atoms with Gasteiger partial charge in [-0.05, 0) is 30.3 Å². The molecule has 1 heterocycles. The number of anilines is 1. The van der Waals surface area contributed by atoms with Gasteiger partial charge in [-0.25, -0.2) is 4.39 Å². The molecule has 0 aliphatic rings. The molecule has 0 spiro atoms. The van der Waals surface area contributed by atoms with Gasteiger partial charge in [-0.2, -0.15) is 0 Å². The van der Waals surface area contributed by atoms with Crippen molar-refractivity contribution in [3.8, 4) is 0 Å². The lowest BCUT2D eigenvalue weighted by atomic mass is 10.1. The lowest BCUT2D eigenvalue weighted by Crippen LogP contribution is -2.18. The van der Waals surface area contributed by atoms with Crippen molar-refractivity contribution in [2.75, 3.05) is 12.8 Å². The van der Waals surface area contributed by atoms with E-state index in [2.05, 4.69) is 9.88 Å². The van der Waals surface area contributed by atoms with Crippen molar-refractivity contribution in [1.82, 2.24) is 9.88 Å². The number of pyridine rings is 1. The number of aromatic nitrogens is 1. The molecule has 94 valence electrons. The van der Waals surface area contributed by atoms with Crippen LogP contribution in [0.5, 0.6) is 0 Å². The summed E-state index contributed by atoms with van der Waals surface area (Å²) in [6.07, 6.45) is 3.57. The molecule has 1 aromatic carbocycles. The van der Waals surface area contributed by atoms with Crippen LogP contribution in [0.2, 0.25) is 0 Å². The Bertz CT molecular complexity index is 514. The van der Waals surface area contributed by atoms with Gasteiger partial charge in [-0.3, -0.25) is 9.88 Å². The van der Waals surface area contributed by atoms with Gasteiger partial charge in [0.25, 0.3) is 0 Å². The standard InChI is InChI=1S/C14H16FN3/c1-18(9-11-4-3-7-17-8-11)10-12-5-2-6-13(15)14(12)16/h2-8H,9-10,16H2,1H3. The maximum Gasteiger partial charge on any atom is 0.146 e. The third-order valence-electron chi connectivity index (χ3n) is 2.76. The van der Waals surface area contributed by atoms with Crippen molar-refractivity contribution < 1.29 is 4.39 Å². The molecule has 0 amide bonds. The minimum Gasteiger partial charge on any atom is -0.396 e. The summed E-state index contributed by atoms with van der Waals surface area (Å²) < 4.78 is 13.3. The summed E-state index contributed by atoms with van der Waals surface area (Å²) in [5.41, 5.74) is 7.87. The molecule has 0 aliphatic carbocycles. The largest absolute Gasteiger partial charge is 0.396 e. The van der Waals surface area contributed by atoms with Gasteiger partial charge in [0, 0.05) is 25.5 Å². The van der Waals surface area contributed by atoms with Crippen LogP contribution in [0.1, 0.15) is 11.1 Å². The van der Waals surface area contributed by atoms with Crippen LogP contribution in [0.25, 0.3) is 0 Å². The topological polar surface area (TPSA) is 42.2 Å². The van der Waals surface area contributed by atoms with E-state index in [0.717, 1.165) is 17.7 Å². The number of nitrogen functional groups attached to an aromatic ring is 1. The highest BCUT2D eigenvalue weighted by molar-refractivity contribution is 5.47. The molecule has 2 rings (SSSR count). The van der Waals surface area contributed by atoms with E-state index in [1.165, 1.54) is 6.07 Å². The fourth-order valence-corrected chi connectivity index (χ4v) is 1.87. The normalized spacial score (nSPS) is 10.8. The number of rotatable bonds is 4. The van der Waals surface area contributed by atoms with Crippen molar-refractivity contribution >= 4 is 5.69 Å². The number of benzene rings is 1. The SMILES string of the molecule is CN(Cc1cccnc1)Cc1cccc(F)c1N. The summed E-state index contributed by atoms with van der Waals surface area (Å²) in [4.78, 5) is 6.14. The summed E-state index contributed by atoms with van der Waals surface area (Å²) >= 11 is 0. The number of para-hydroxylation sites is 1. The van der Waals surface area contributed by atoms with E-state index in [-0.39, 0.29) is 11.5 Å². The van der Waals surface area contributed by atoms with Crippen LogP contribution in [0, 0.1) is 5.82 Å². The summed E-state index contributed by atoms with van der Waals surface area (Å²) in [6, 6.07) is 8.81. The lowest BCUT2D eigenvalue weighted by Gasteiger charge is -2.17. The Morgan fingerprint density at radius 3 is 2.78 bits per heavy atom. The van der Waals surface area contributed by atoms with E-state index in [4.69, 9.17) is 5.73 Å². The summed E-state index contributed by atoms with van der Waals surface area (Å²) in [5, 5.41) is 0. The van der Waals surface area contributed by atoms with Crippen LogP contribution in [-0.4, -0.2) is 16.9 Å². The van der Waals surface area contributed by atoms with E-state index in [1.54, 1.807) is 12.3 Å². The van der Waals surface area contributed by atoms with E-state index in [0.29, 0.717) is 6.54 Å².